The van der Waals surface area contributed by atoms with Gasteiger partial charge in [0.2, 0.25) is 5.91 Å². The van der Waals surface area contributed by atoms with Crippen LogP contribution in [-0.4, -0.2) is 28.7 Å². The molecule has 1 amide bonds. The molecule has 5 heteroatoms. The van der Waals surface area contributed by atoms with Crippen molar-refractivity contribution >= 4 is 5.91 Å². The molecule has 1 atom stereocenters. The first-order valence-corrected chi connectivity index (χ1v) is 6.49. The number of imidazole rings is 1. The molecule has 0 aromatic carbocycles. The van der Waals surface area contributed by atoms with Gasteiger partial charge >= 0.3 is 0 Å². The third kappa shape index (κ3) is 4.87. The fourth-order valence-corrected chi connectivity index (χ4v) is 1.76. The van der Waals surface area contributed by atoms with Crippen molar-refractivity contribution < 1.29 is 9.53 Å². The first-order valence-electron chi connectivity index (χ1n) is 6.49. The Balaban J connectivity index is 2.22. The van der Waals surface area contributed by atoms with Crippen LogP contribution in [0.25, 0.3) is 0 Å². The van der Waals surface area contributed by atoms with Crippen molar-refractivity contribution in [3.05, 3.63) is 18.2 Å². The highest BCUT2D eigenvalue weighted by Gasteiger charge is 2.12. The van der Waals surface area contributed by atoms with Crippen molar-refractivity contribution in [2.75, 3.05) is 13.2 Å². The minimum Gasteiger partial charge on any atom is -0.372 e. The Bertz CT molecular complexity index is 363. The molecule has 0 bridgehead atoms. The highest BCUT2D eigenvalue weighted by Crippen LogP contribution is 2.07. The molecule has 0 radical (unpaired) electrons. The summed E-state index contributed by atoms with van der Waals surface area (Å²) in [6, 6.07) is -0.100. The number of nitrogens with one attached hydrogen (secondary N) is 1. The summed E-state index contributed by atoms with van der Waals surface area (Å²) in [5.41, 5.74) is 0. The molecule has 102 valence electrons. The number of ether oxygens (including phenoxy) is 1. The lowest BCUT2D eigenvalue weighted by atomic mass is 10.3. The highest BCUT2D eigenvalue weighted by molar-refractivity contribution is 5.77. The summed E-state index contributed by atoms with van der Waals surface area (Å²) in [7, 11) is 1.91. The van der Waals surface area contributed by atoms with Gasteiger partial charge < -0.3 is 14.6 Å². The number of nitrogens with zero attached hydrogens (tertiary/aromatic N) is 2. The molecule has 0 fully saturated rings. The van der Waals surface area contributed by atoms with Crippen LogP contribution in [0.5, 0.6) is 0 Å². The Hall–Kier alpha value is -1.36. The molecule has 0 spiro atoms. The smallest absolute Gasteiger partial charge is 0.246 e. The number of carbonyl (C=O) groups is 1. The second kappa shape index (κ2) is 7.87. The van der Waals surface area contributed by atoms with Crippen LogP contribution < -0.4 is 5.32 Å². The van der Waals surface area contributed by atoms with E-state index in [9.17, 15) is 4.79 Å². The summed E-state index contributed by atoms with van der Waals surface area (Å²) in [4.78, 5) is 15.8. The van der Waals surface area contributed by atoms with Gasteiger partial charge in [-0.05, 0) is 13.3 Å². The van der Waals surface area contributed by atoms with Crippen LogP contribution in [0.2, 0.25) is 0 Å². The van der Waals surface area contributed by atoms with Gasteiger partial charge in [0.05, 0.1) is 6.04 Å². The van der Waals surface area contributed by atoms with Crippen LogP contribution in [0.1, 0.15) is 45.0 Å². The predicted octanol–water partition coefficient (Wildman–Crippen LogP) is 1.80. The van der Waals surface area contributed by atoms with E-state index in [0.29, 0.717) is 6.61 Å². The van der Waals surface area contributed by atoms with Crippen LogP contribution >= 0.6 is 0 Å². The summed E-state index contributed by atoms with van der Waals surface area (Å²) in [5, 5.41) is 2.87. The van der Waals surface area contributed by atoms with Crippen molar-refractivity contribution in [1.29, 1.82) is 0 Å². The minimum absolute atomic E-state index is 0.0954. The lowest BCUT2D eigenvalue weighted by Gasteiger charge is -2.13. The van der Waals surface area contributed by atoms with Gasteiger partial charge in [-0.1, -0.05) is 19.8 Å². The number of hydrogen-bond acceptors (Lipinski definition) is 3. The number of carbonyl (C=O) groups excluding carboxylic acids is 1. The van der Waals surface area contributed by atoms with Gasteiger partial charge in [0.1, 0.15) is 12.4 Å². The zero-order valence-corrected chi connectivity index (χ0v) is 11.5. The van der Waals surface area contributed by atoms with E-state index in [-0.39, 0.29) is 18.6 Å². The van der Waals surface area contributed by atoms with Crippen LogP contribution in [0.3, 0.4) is 0 Å². The van der Waals surface area contributed by atoms with Crippen LogP contribution in [0.4, 0.5) is 0 Å². The maximum atomic E-state index is 11.6. The van der Waals surface area contributed by atoms with Crippen molar-refractivity contribution in [1.82, 2.24) is 14.9 Å². The third-order valence-electron chi connectivity index (χ3n) is 2.75. The normalized spacial score (nSPS) is 12.4. The Morgan fingerprint density at radius 1 is 1.56 bits per heavy atom. The lowest BCUT2D eigenvalue weighted by Crippen LogP contribution is -2.31. The molecule has 5 nitrogen and oxygen atoms in total. The van der Waals surface area contributed by atoms with E-state index >= 15 is 0 Å². The van der Waals surface area contributed by atoms with E-state index in [1.54, 1.807) is 6.20 Å². The summed E-state index contributed by atoms with van der Waals surface area (Å²) in [6.45, 7) is 4.83. The summed E-state index contributed by atoms with van der Waals surface area (Å²) in [6.07, 6.45) is 6.90. The van der Waals surface area contributed by atoms with E-state index < -0.39 is 0 Å². The topological polar surface area (TPSA) is 56.1 Å². The van der Waals surface area contributed by atoms with Crippen LogP contribution in [0.15, 0.2) is 12.4 Å². The molecule has 1 rings (SSSR count). The second-order valence-corrected chi connectivity index (χ2v) is 4.45. The molecule has 1 aromatic rings. The van der Waals surface area contributed by atoms with Gasteiger partial charge in [-0.15, -0.1) is 0 Å². The van der Waals surface area contributed by atoms with Crippen molar-refractivity contribution in [3.63, 3.8) is 0 Å². The van der Waals surface area contributed by atoms with Gasteiger partial charge in [0, 0.05) is 26.0 Å². The number of rotatable bonds is 8. The summed E-state index contributed by atoms with van der Waals surface area (Å²) in [5.74, 6) is 0.747. The SMILES string of the molecule is CCCCCOCC(=O)NC(C)c1nccn1C. The van der Waals surface area contributed by atoms with Crippen molar-refractivity contribution in [3.8, 4) is 0 Å². The maximum Gasteiger partial charge on any atom is 0.246 e. The molecule has 1 N–H and O–H groups in total. The maximum absolute atomic E-state index is 11.6. The predicted molar refractivity (Wildman–Crippen MR) is 70.1 cm³/mol. The first-order chi connectivity index (χ1) is 8.65. The Morgan fingerprint density at radius 2 is 2.33 bits per heavy atom. The van der Waals surface area contributed by atoms with Crippen molar-refractivity contribution in [2.24, 2.45) is 7.05 Å². The molecule has 18 heavy (non-hydrogen) atoms. The molecule has 1 heterocycles. The van der Waals surface area contributed by atoms with Crippen molar-refractivity contribution in [2.45, 2.75) is 39.2 Å². The fourth-order valence-electron chi connectivity index (χ4n) is 1.76. The first kappa shape index (κ1) is 14.7. The number of amides is 1. The Morgan fingerprint density at radius 3 is 2.94 bits per heavy atom. The number of unbranched alkanes of at least 4 members (excludes halogenated alkanes) is 2. The van der Waals surface area contributed by atoms with E-state index in [2.05, 4.69) is 17.2 Å². The summed E-state index contributed by atoms with van der Waals surface area (Å²) < 4.78 is 7.20. The largest absolute Gasteiger partial charge is 0.372 e. The zero-order chi connectivity index (χ0) is 13.4. The van der Waals surface area contributed by atoms with Gasteiger partial charge in [-0.25, -0.2) is 4.98 Å². The second-order valence-electron chi connectivity index (χ2n) is 4.45. The monoisotopic (exact) mass is 253 g/mol. The average Bonchev–Trinajstić information content (AvgIpc) is 2.75. The molecular weight excluding hydrogens is 230 g/mol. The molecule has 1 unspecified atom stereocenters. The molecule has 0 saturated heterocycles. The van der Waals surface area contributed by atoms with Gasteiger partial charge in [-0.3, -0.25) is 4.79 Å². The Kier molecular flexibility index (Phi) is 6.43. The van der Waals surface area contributed by atoms with E-state index in [4.69, 9.17) is 4.74 Å². The number of aromatic nitrogens is 2. The minimum atomic E-state index is -0.100. The molecule has 0 aliphatic carbocycles. The van der Waals surface area contributed by atoms with Gasteiger partial charge in [-0.2, -0.15) is 0 Å². The third-order valence-corrected chi connectivity index (χ3v) is 2.75. The average molecular weight is 253 g/mol. The molecule has 0 aliphatic heterocycles. The van der Waals surface area contributed by atoms with E-state index in [1.165, 1.54) is 0 Å². The van der Waals surface area contributed by atoms with Crippen LogP contribution in [-0.2, 0) is 16.6 Å². The highest BCUT2D eigenvalue weighted by atomic mass is 16.5. The van der Waals surface area contributed by atoms with Crippen LogP contribution in [0, 0.1) is 0 Å². The summed E-state index contributed by atoms with van der Waals surface area (Å²) >= 11 is 0. The van der Waals surface area contributed by atoms with Gasteiger partial charge in [0.15, 0.2) is 0 Å². The van der Waals surface area contributed by atoms with Gasteiger partial charge in [0.25, 0.3) is 0 Å². The number of aryl methyl sites for hydroxylation is 1. The standard InChI is InChI=1S/C13H23N3O2/c1-4-5-6-9-18-10-12(17)15-11(2)13-14-7-8-16(13)3/h7-8,11H,4-6,9-10H2,1-3H3,(H,15,17). The van der Waals surface area contributed by atoms with E-state index in [0.717, 1.165) is 25.1 Å². The molecule has 0 saturated carbocycles. The van der Waals surface area contributed by atoms with E-state index in [1.807, 2.05) is 24.7 Å². The Labute approximate surface area is 109 Å². The molecule has 1 aromatic heterocycles. The lowest BCUT2D eigenvalue weighted by molar-refractivity contribution is -0.126. The molecular formula is C13H23N3O2. The molecule has 0 aliphatic rings. The quantitative estimate of drug-likeness (QED) is 0.719. The number of hydrogen-bond donors (Lipinski definition) is 1. The fraction of sp³-hybridized carbons (Fsp3) is 0.692. The zero-order valence-electron chi connectivity index (χ0n) is 11.5.